The lowest BCUT2D eigenvalue weighted by atomic mass is 9.86. The van der Waals surface area contributed by atoms with E-state index in [1.165, 1.54) is 25.3 Å². The summed E-state index contributed by atoms with van der Waals surface area (Å²) < 4.78 is 28.0. The Labute approximate surface area is 102 Å². The van der Waals surface area contributed by atoms with E-state index < -0.39 is 10.0 Å². The van der Waals surface area contributed by atoms with Crippen molar-refractivity contribution in [3.63, 3.8) is 0 Å². The monoisotopic (exact) mass is 255 g/mol. The fourth-order valence-corrected chi connectivity index (χ4v) is 2.43. The second kappa shape index (κ2) is 4.66. The molecular formula is C12H17NO3S. The van der Waals surface area contributed by atoms with E-state index in [1.807, 2.05) is 6.92 Å². The molecule has 0 saturated heterocycles. The van der Waals surface area contributed by atoms with Gasteiger partial charge in [0.2, 0.25) is 10.0 Å². The van der Waals surface area contributed by atoms with Crippen molar-refractivity contribution in [3.8, 4) is 5.75 Å². The second-order valence-corrected chi connectivity index (χ2v) is 6.14. The van der Waals surface area contributed by atoms with Crippen LogP contribution in [0.15, 0.2) is 23.1 Å². The molecule has 5 heteroatoms. The van der Waals surface area contributed by atoms with E-state index in [2.05, 4.69) is 0 Å². The molecule has 2 rings (SSSR count). The molecule has 0 bridgehead atoms. The summed E-state index contributed by atoms with van der Waals surface area (Å²) in [7, 11) is -3.62. The number of primary sulfonamides is 1. The van der Waals surface area contributed by atoms with Gasteiger partial charge in [-0.15, -0.1) is 0 Å². The molecule has 17 heavy (non-hydrogen) atoms. The average Bonchev–Trinajstić information content (AvgIpc) is 2.16. The quantitative estimate of drug-likeness (QED) is 0.892. The van der Waals surface area contributed by atoms with Gasteiger partial charge in [-0.2, -0.15) is 0 Å². The van der Waals surface area contributed by atoms with Gasteiger partial charge in [0.1, 0.15) is 5.75 Å². The standard InChI is InChI=1S/C12H17NO3S/c1-9-7-11(17(13,14)15)5-6-12(9)16-8-10-3-2-4-10/h5-7,10H,2-4,8H2,1H3,(H2,13,14,15). The number of nitrogens with two attached hydrogens (primary N) is 1. The molecule has 0 aliphatic heterocycles. The van der Waals surface area contributed by atoms with Gasteiger partial charge in [-0.25, -0.2) is 13.6 Å². The maximum absolute atomic E-state index is 11.2. The van der Waals surface area contributed by atoms with E-state index in [1.54, 1.807) is 12.1 Å². The molecule has 2 N–H and O–H groups in total. The Bertz CT molecular complexity index is 506. The van der Waals surface area contributed by atoms with E-state index in [4.69, 9.17) is 9.88 Å². The van der Waals surface area contributed by atoms with Crippen LogP contribution in [0.4, 0.5) is 0 Å². The van der Waals surface area contributed by atoms with Gasteiger partial charge >= 0.3 is 0 Å². The van der Waals surface area contributed by atoms with Crippen molar-refractivity contribution in [2.75, 3.05) is 6.61 Å². The van der Waals surface area contributed by atoms with E-state index >= 15 is 0 Å². The van der Waals surface area contributed by atoms with Gasteiger partial charge in [-0.05, 0) is 49.4 Å². The highest BCUT2D eigenvalue weighted by Crippen LogP contribution is 2.28. The molecule has 1 aromatic rings. The van der Waals surface area contributed by atoms with Gasteiger partial charge in [-0.1, -0.05) is 6.42 Å². The average molecular weight is 255 g/mol. The third-order valence-corrected chi connectivity index (χ3v) is 4.09. The fraction of sp³-hybridized carbons (Fsp3) is 0.500. The molecule has 0 atom stereocenters. The van der Waals surface area contributed by atoms with Crippen LogP contribution in [0.2, 0.25) is 0 Å². The molecule has 0 radical (unpaired) electrons. The Kier molecular flexibility index (Phi) is 3.40. The number of benzene rings is 1. The molecule has 94 valence electrons. The molecule has 0 unspecified atom stereocenters. The first-order valence-electron chi connectivity index (χ1n) is 5.73. The molecule has 0 heterocycles. The van der Waals surface area contributed by atoms with E-state index in [9.17, 15) is 8.42 Å². The predicted molar refractivity (Wildman–Crippen MR) is 65.4 cm³/mol. The second-order valence-electron chi connectivity index (χ2n) is 4.58. The van der Waals surface area contributed by atoms with Crippen LogP contribution in [0.3, 0.4) is 0 Å². The summed E-state index contributed by atoms with van der Waals surface area (Å²) in [5, 5.41) is 5.06. The Hall–Kier alpha value is -1.07. The zero-order valence-corrected chi connectivity index (χ0v) is 10.7. The zero-order valence-electron chi connectivity index (χ0n) is 9.85. The maximum atomic E-state index is 11.2. The summed E-state index contributed by atoms with van der Waals surface area (Å²) in [6.07, 6.45) is 3.75. The van der Waals surface area contributed by atoms with E-state index in [-0.39, 0.29) is 4.90 Å². The van der Waals surface area contributed by atoms with Gasteiger partial charge in [0.05, 0.1) is 11.5 Å². The smallest absolute Gasteiger partial charge is 0.238 e. The summed E-state index contributed by atoms with van der Waals surface area (Å²) in [5.41, 5.74) is 0.802. The summed E-state index contributed by atoms with van der Waals surface area (Å²) in [4.78, 5) is 0.131. The lowest BCUT2D eigenvalue weighted by molar-refractivity contribution is 0.180. The van der Waals surface area contributed by atoms with E-state index in [0.29, 0.717) is 5.92 Å². The van der Waals surface area contributed by atoms with Crippen LogP contribution in [0.5, 0.6) is 5.75 Å². The van der Waals surface area contributed by atoms with Crippen molar-refractivity contribution in [3.05, 3.63) is 23.8 Å². The van der Waals surface area contributed by atoms with Crippen molar-refractivity contribution in [2.45, 2.75) is 31.1 Å². The molecule has 1 aromatic carbocycles. The topological polar surface area (TPSA) is 69.4 Å². The normalized spacial score (nSPS) is 16.6. The highest BCUT2D eigenvalue weighted by Gasteiger charge is 2.18. The molecule has 0 spiro atoms. The van der Waals surface area contributed by atoms with Crippen molar-refractivity contribution in [2.24, 2.45) is 11.1 Å². The van der Waals surface area contributed by atoms with Crippen LogP contribution in [-0.2, 0) is 10.0 Å². The van der Waals surface area contributed by atoms with Gasteiger partial charge in [0.25, 0.3) is 0 Å². The minimum absolute atomic E-state index is 0.131. The molecule has 1 saturated carbocycles. The SMILES string of the molecule is Cc1cc(S(N)(=O)=O)ccc1OCC1CCC1. The van der Waals surface area contributed by atoms with Crippen LogP contribution >= 0.6 is 0 Å². The number of sulfonamides is 1. The highest BCUT2D eigenvalue weighted by atomic mass is 32.2. The lowest BCUT2D eigenvalue weighted by Gasteiger charge is -2.25. The number of aryl methyl sites for hydroxylation is 1. The number of rotatable bonds is 4. The van der Waals surface area contributed by atoms with Crippen LogP contribution in [0.25, 0.3) is 0 Å². The van der Waals surface area contributed by atoms with E-state index in [0.717, 1.165) is 17.9 Å². The molecule has 4 nitrogen and oxygen atoms in total. The largest absolute Gasteiger partial charge is 0.493 e. The van der Waals surface area contributed by atoms with Crippen molar-refractivity contribution in [1.29, 1.82) is 0 Å². The Balaban J connectivity index is 2.08. The van der Waals surface area contributed by atoms with Crippen LogP contribution in [0.1, 0.15) is 24.8 Å². The maximum Gasteiger partial charge on any atom is 0.238 e. The van der Waals surface area contributed by atoms with Crippen molar-refractivity contribution >= 4 is 10.0 Å². The van der Waals surface area contributed by atoms with Crippen molar-refractivity contribution in [1.82, 2.24) is 0 Å². The third kappa shape index (κ3) is 2.98. The summed E-state index contributed by atoms with van der Waals surface area (Å²) in [5.74, 6) is 1.40. The first kappa shape index (κ1) is 12.4. The van der Waals surface area contributed by atoms with Crippen molar-refractivity contribution < 1.29 is 13.2 Å². The summed E-state index contributed by atoms with van der Waals surface area (Å²) >= 11 is 0. The summed E-state index contributed by atoms with van der Waals surface area (Å²) in [6, 6.07) is 4.71. The van der Waals surface area contributed by atoms with Crippen LogP contribution in [0, 0.1) is 12.8 Å². The molecule has 1 fully saturated rings. The van der Waals surface area contributed by atoms with Gasteiger partial charge in [0.15, 0.2) is 0 Å². The van der Waals surface area contributed by atoms with Gasteiger partial charge in [-0.3, -0.25) is 0 Å². The number of ether oxygens (including phenoxy) is 1. The molecular weight excluding hydrogens is 238 g/mol. The number of hydrogen-bond acceptors (Lipinski definition) is 3. The lowest BCUT2D eigenvalue weighted by Crippen LogP contribution is -2.19. The third-order valence-electron chi connectivity index (χ3n) is 3.17. The zero-order chi connectivity index (χ0) is 12.5. The fourth-order valence-electron chi connectivity index (χ4n) is 1.83. The highest BCUT2D eigenvalue weighted by molar-refractivity contribution is 7.89. The molecule has 0 amide bonds. The van der Waals surface area contributed by atoms with Crippen LogP contribution < -0.4 is 9.88 Å². The van der Waals surface area contributed by atoms with Gasteiger partial charge in [0, 0.05) is 0 Å². The Morgan fingerprint density at radius 3 is 2.59 bits per heavy atom. The predicted octanol–water partition coefficient (Wildman–Crippen LogP) is 1.82. The number of hydrogen-bond donors (Lipinski definition) is 1. The Morgan fingerprint density at radius 1 is 1.41 bits per heavy atom. The first-order valence-corrected chi connectivity index (χ1v) is 7.28. The summed E-state index contributed by atoms with van der Waals surface area (Å²) in [6.45, 7) is 2.54. The molecule has 1 aliphatic rings. The minimum Gasteiger partial charge on any atom is -0.493 e. The molecule has 1 aliphatic carbocycles. The first-order chi connectivity index (χ1) is 7.97. The van der Waals surface area contributed by atoms with Crippen LogP contribution in [-0.4, -0.2) is 15.0 Å². The molecule has 0 aromatic heterocycles. The Morgan fingerprint density at radius 2 is 2.12 bits per heavy atom. The van der Waals surface area contributed by atoms with Gasteiger partial charge < -0.3 is 4.74 Å². The minimum atomic E-state index is -3.62.